The van der Waals surface area contributed by atoms with Crippen molar-refractivity contribution in [1.82, 2.24) is 30.0 Å². The van der Waals surface area contributed by atoms with Gasteiger partial charge in [-0.3, -0.25) is 9.48 Å². The van der Waals surface area contributed by atoms with Gasteiger partial charge >= 0.3 is 0 Å². The molecule has 2 unspecified atom stereocenters. The number of aryl methyl sites for hydroxylation is 1. The molecular formula is C23H29N7O5S. The molecule has 3 heterocycles. The summed E-state index contributed by atoms with van der Waals surface area (Å²) >= 11 is 0. The summed E-state index contributed by atoms with van der Waals surface area (Å²) in [6.45, 7) is 3.89. The molecule has 2 atom stereocenters. The summed E-state index contributed by atoms with van der Waals surface area (Å²) in [6, 6.07) is 4.54. The Morgan fingerprint density at radius 1 is 1.19 bits per heavy atom. The zero-order chi connectivity index (χ0) is 26.1. The van der Waals surface area contributed by atoms with Crippen molar-refractivity contribution >= 4 is 21.9 Å². The number of pyridine rings is 1. The van der Waals surface area contributed by atoms with E-state index in [0.29, 0.717) is 0 Å². The van der Waals surface area contributed by atoms with Gasteiger partial charge in [-0.15, -0.1) is 0 Å². The Kier molecular flexibility index (Phi) is 6.96. The second-order valence-electron chi connectivity index (χ2n) is 8.99. The van der Waals surface area contributed by atoms with Gasteiger partial charge in [0.15, 0.2) is 0 Å². The summed E-state index contributed by atoms with van der Waals surface area (Å²) in [5.41, 5.74) is -0.849. The fourth-order valence-electron chi connectivity index (χ4n) is 4.43. The quantitative estimate of drug-likeness (QED) is 0.428. The van der Waals surface area contributed by atoms with Gasteiger partial charge in [0.05, 0.1) is 18.1 Å². The molecule has 0 aliphatic heterocycles. The molecule has 0 bridgehead atoms. The summed E-state index contributed by atoms with van der Waals surface area (Å²) in [5.74, 6) is -0.567. The Hall–Kier alpha value is -3.58. The van der Waals surface area contributed by atoms with E-state index in [1.54, 1.807) is 13.1 Å². The lowest BCUT2D eigenvalue weighted by Gasteiger charge is -2.42. The summed E-state index contributed by atoms with van der Waals surface area (Å²) in [6.07, 6.45) is 6.48. The predicted octanol–water partition coefficient (Wildman–Crippen LogP) is 2.20. The Morgan fingerprint density at radius 3 is 2.50 bits per heavy atom. The van der Waals surface area contributed by atoms with Gasteiger partial charge in [0, 0.05) is 26.4 Å². The van der Waals surface area contributed by atoms with Crippen LogP contribution in [0.15, 0.2) is 41.7 Å². The van der Waals surface area contributed by atoms with Gasteiger partial charge in [-0.25, -0.2) is 23.1 Å². The smallest absolute Gasteiger partial charge is 0.269 e. The number of hydrogen-bond donors (Lipinski definition) is 3. The third kappa shape index (κ3) is 5.02. The van der Waals surface area contributed by atoms with E-state index in [2.05, 4.69) is 30.1 Å². The molecule has 1 amide bonds. The molecule has 1 saturated carbocycles. The highest BCUT2D eigenvalue weighted by molar-refractivity contribution is 7.92. The fraction of sp³-hybridized carbons (Fsp3) is 0.435. The molecule has 0 saturated heterocycles. The lowest BCUT2D eigenvalue weighted by molar-refractivity contribution is -0.0926. The van der Waals surface area contributed by atoms with Crippen LogP contribution in [0.3, 0.4) is 0 Å². The topological polar surface area (TPSA) is 161 Å². The van der Waals surface area contributed by atoms with E-state index in [4.69, 9.17) is 4.74 Å². The normalized spacial score (nSPS) is 22.1. The number of amides is 1. The SMILES string of the molecule is CNC(=O)c1ccc(Oc2cc(C3(O)C(C)CCCC3C)nc(NS(=O)(=O)c3cnn(C)c3)n2)cn1. The van der Waals surface area contributed by atoms with Crippen molar-refractivity contribution in [1.29, 1.82) is 0 Å². The van der Waals surface area contributed by atoms with Gasteiger partial charge in [-0.1, -0.05) is 20.3 Å². The van der Waals surface area contributed by atoms with Gasteiger partial charge < -0.3 is 15.2 Å². The minimum Gasteiger partial charge on any atom is -0.437 e. The Morgan fingerprint density at radius 2 is 1.92 bits per heavy atom. The molecule has 36 heavy (non-hydrogen) atoms. The number of hydrogen-bond acceptors (Lipinski definition) is 9. The van der Waals surface area contributed by atoms with E-state index in [-0.39, 0.29) is 51.6 Å². The van der Waals surface area contributed by atoms with Crippen LogP contribution in [0.4, 0.5) is 5.95 Å². The van der Waals surface area contributed by atoms with Crippen LogP contribution in [0.5, 0.6) is 11.6 Å². The summed E-state index contributed by atoms with van der Waals surface area (Å²) in [7, 11) is -0.940. The molecule has 3 aromatic heterocycles. The molecule has 4 rings (SSSR count). The molecular weight excluding hydrogens is 486 g/mol. The maximum absolute atomic E-state index is 12.9. The van der Waals surface area contributed by atoms with Crippen LogP contribution in [-0.2, 0) is 22.7 Å². The van der Waals surface area contributed by atoms with E-state index < -0.39 is 15.6 Å². The Balaban J connectivity index is 1.73. The number of aliphatic hydroxyl groups is 1. The van der Waals surface area contributed by atoms with Crippen molar-refractivity contribution in [2.24, 2.45) is 18.9 Å². The highest BCUT2D eigenvalue weighted by atomic mass is 32.2. The summed E-state index contributed by atoms with van der Waals surface area (Å²) < 4.78 is 35.4. The monoisotopic (exact) mass is 515 g/mol. The van der Waals surface area contributed by atoms with Crippen molar-refractivity contribution in [3.05, 3.63) is 48.2 Å². The van der Waals surface area contributed by atoms with Crippen molar-refractivity contribution in [2.75, 3.05) is 11.8 Å². The molecule has 13 heteroatoms. The minimum absolute atomic E-state index is 0.0109. The first-order chi connectivity index (χ1) is 17.0. The van der Waals surface area contributed by atoms with Gasteiger partial charge in [0.1, 0.15) is 21.9 Å². The van der Waals surface area contributed by atoms with E-state index in [0.717, 1.165) is 19.3 Å². The van der Waals surface area contributed by atoms with E-state index in [1.807, 2.05) is 13.8 Å². The van der Waals surface area contributed by atoms with Crippen molar-refractivity contribution in [2.45, 2.75) is 43.6 Å². The van der Waals surface area contributed by atoms with Crippen LogP contribution in [0.2, 0.25) is 0 Å². The summed E-state index contributed by atoms with van der Waals surface area (Å²) in [5, 5.41) is 18.1. The number of ether oxygens (including phenoxy) is 1. The molecule has 1 aliphatic rings. The van der Waals surface area contributed by atoms with Crippen molar-refractivity contribution in [3.8, 4) is 11.6 Å². The van der Waals surface area contributed by atoms with Gasteiger partial charge in [-0.05, 0) is 36.8 Å². The third-order valence-corrected chi connectivity index (χ3v) is 7.81. The van der Waals surface area contributed by atoms with Gasteiger partial charge in [0.25, 0.3) is 15.9 Å². The standard InChI is InChI=1S/C23H29N7O5S/c1-14-6-5-7-15(2)23(14,32)19-10-20(35-16-8-9-18(25-11-16)21(31)24-3)28-22(27-19)29-36(33,34)17-12-26-30(4)13-17/h8-15,32H,5-7H2,1-4H3,(H,24,31)(H,27,28,29). The van der Waals surface area contributed by atoms with Crippen molar-refractivity contribution < 1.29 is 23.1 Å². The van der Waals surface area contributed by atoms with E-state index in [9.17, 15) is 18.3 Å². The first-order valence-electron chi connectivity index (χ1n) is 11.5. The molecule has 1 aliphatic carbocycles. The third-order valence-electron chi connectivity index (χ3n) is 6.53. The molecule has 3 aromatic rings. The predicted molar refractivity (Wildman–Crippen MR) is 130 cm³/mol. The second-order valence-corrected chi connectivity index (χ2v) is 10.7. The number of sulfonamides is 1. The Labute approximate surface area is 209 Å². The molecule has 0 spiro atoms. The number of aromatic nitrogens is 5. The maximum atomic E-state index is 12.9. The minimum atomic E-state index is -4.05. The largest absolute Gasteiger partial charge is 0.437 e. The molecule has 192 valence electrons. The molecule has 0 aromatic carbocycles. The zero-order valence-electron chi connectivity index (χ0n) is 20.5. The Bertz CT molecular complexity index is 1350. The number of anilines is 1. The lowest BCUT2D eigenvalue weighted by Crippen LogP contribution is -2.43. The number of nitrogens with one attached hydrogen (secondary N) is 2. The number of nitrogens with zero attached hydrogens (tertiary/aromatic N) is 5. The van der Waals surface area contributed by atoms with Gasteiger partial charge in [0.2, 0.25) is 11.8 Å². The summed E-state index contributed by atoms with van der Waals surface area (Å²) in [4.78, 5) is 24.4. The zero-order valence-corrected chi connectivity index (χ0v) is 21.3. The molecule has 1 fully saturated rings. The second kappa shape index (κ2) is 9.82. The average molecular weight is 516 g/mol. The van der Waals surface area contributed by atoms with Gasteiger partial charge in [-0.2, -0.15) is 10.1 Å². The first kappa shape index (κ1) is 25.5. The average Bonchev–Trinajstić information content (AvgIpc) is 3.29. The lowest BCUT2D eigenvalue weighted by atomic mass is 9.68. The van der Waals surface area contributed by atoms with Crippen LogP contribution >= 0.6 is 0 Å². The number of carbonyl (C=O) groups is 1. The fourth-order valence-corrected chi connectivity index (χ4v) is 5.36. The number of carbonyl (C=O) groups excluding carboxylic acids is 1. The molecule has 12 nitrogen and oxygen atoms in total. The van der Waals surface area contributed by atoms with Crippen LogP contribution < -0.4 is 14.8 Å². The molecule has 0 radical (unpaired) electrons. The van der Waals surface area contributed by atoms with Crippen LogP contribution in [-0.4, -0.2) is 51.2 Å². The maximum Gasteiger partial charge on any atom is 0.269 e. The van der Waals surface area contributed by atoms with Crippen LogP contribution in [0.25, 0.3) is 0 Å². The highest BCUT2D eigenvalue weighted by Crippen LogP contribution is 2.45. The van der Waals surface area contributed by atoms with E-state index >= 15 is 0 Å². The van der Waals surface area contributed by atoms with Crippen molar-refractivity contribution in [3.63, 3.8) is 0 Å². The first-order valence-corrected chi connectivity index (χ1v) is 13.0. The molecule has 3 N–H and O–H groups in total. The highest BCUT2D eigenvalue weighted by Gasteiger charge is 2.45. The van der Waals surface area contributed by atoms with E-state index in [1.165, 1.54) is 42.5 Å². The van der Waals surface area contributed by atoms with Crippen LogP contribution in [0.1, 0.15) is 49.3 Å². The number of rotatable bonds is 7. The van der Waals surface area contributed by atoms with Crippen LogP contribution in [0, 0.1) is 11.8 Å².